The maximum absolute atomic E-state index is 5.92. The first-order valence-corrected chi connectivity index (χ1v) is 8.63. The van der Waals surface area contributed by atoms with E-state index in [1.165, 1.54) is 6.54 Å². The molecule has 0 N–H and O–H groups in total. The van der Waals surface area contributed by atoms with Crippen molar-refractivity contribution in [3.05, 3.63) is 41.4 Å². The lowest BCUT2D eigenvalue weighted by molar-refractivity contribution is 0.111. The van der Waals surface area contributed by atoms with Gasteiger partial charge in [0.2, 0.25) is 5.89 Å². The zero-order valence-corrected chi connectivity index (χ0v) is 14.6. The number of nitrogens with zero attached hydrogens (tertiary/aromatic N) is 3. The van der Waals surface area contributed by atoms with Crippen molar-refractivity contribution in [2.24, 2.45) is 5.92 Å². The lowest BCUT2D eigenvalue weighted by atomic mass is 10.2. The quantitative estimate of drug-likeness (QED) is 0.833. The monoisotopic (exact) mass is 333 g/mol. The Bertz CT molecular complexity index is 615. The second-order valence-electron chi connectivity index (χ2n) is 6.60. The zero-order chi connectivity index (χ0) is 16.2. The molecule has 23 heavy (non-hydrogen) atoms. The molecule has 0 saturated carbocycles. The summed E-state index contributed by atoms with van der Waals surface area (Å²) in [6.45, 7) is 10.9. The number of piperazine rings is 1. The van der Waals surface area contributed by atoms with Gasteiger partial charge >= 0.3 is 0 Å². The number of benzene rings is 1. The molecule has 2 aromatic rings. The topological polar surface area (TPSA) is 32.5 Å². The average Bonchev–Trinajstić information content (AvgIpc) is 2.98. The highest BCUT2D eigenvalue weighted by molar-refractivity contribution is 6.30. The van der Waals surface area contributed by atoms with Crippen molar-refractivity contribution < 1.29 is 4.42 Å². The third kappa shape index (κ3) is 4.56. The number of halogens is 1. The van der Waals surface area contributed by atoms with Gasteiger partial charge in [0.25, 0.3) is 0 Å². The van der Waals surface area contributed by atoms with Crippen LogP contribution in [0.4, 0.5) is 0 Å². The maximum Gasteiger partial charge on any atom is 0.209 e. The Morgan fingerprint density at radius 1 is 1.09 bits per heavy atom. The molecule has 0 unspecified atom stereocenters. The summed E-state index contributed by atoms with van der Waals surface area (Å²) in [5.74, 6) is 2.32. The van der Waals surface area contributed by atoms with E-state index in [0.717, 1.165) is 60.9 Å². The zero-order valence-electron chi connectivity index (χ0n) is 13.8. The molecule has 1 aliphatic heterocycles. The van der Waals surface area contributed by atoms with Gasteiger partial charge in [0.1, 0.15) is 0 Å². The molecule has 0 spiro atoms. The third-order valence-electron chi connectivity index (χ3n) is 4.13. The predicted octanol–water partition coefficient (Wildman–Crippen LogP) is 3.77. The minimum atomic E-state index is 0.729. The van der Waals surface area contributed by atoms with Crippen LogP contribution in [0.3, 0.4) is 0 Å². The predicted molar refractivity (Wildman–Crippen MR) is 93.5 cm³/mol. The van der Waals surface area contributed by atoms with Crippen molar-refractivity contribution in [1.29, 1.82) is 0 Å². The largest absolute Gasteiger partial charge is 0.439 e. The Labute approximate surface area is 143 Å². The first-order valence-electron chi connectivity index (χ1n) is 8.25. The number of oxazole rings is 1. The molecule has 3 rings (SSSR count). The molecule has 0 amide bonds. The highest BCUT2D eigenvalue weighted by Crippen LogP contribution is 2.23. The van der Waals surface area contributed by atoms with Crippen molar-refractivity contribution in [1.82, 2.24) is 14.8 Å². The second-order valence-corrected chi connectivity index (χ2v) is 7.03. The fourth-order valence-corrected chi connectivity index (χ4v) is 3.09. The molecule has 1 aromatic carbocycles. The second kappa shape index (κ2) is 7.47. The van der Waals surface area contributed by atoms with E-state index >= 15 is 0 Å². The summed E-state index contributed by atoms with van der Waals surface area (Å²) >= 11 is 5.92. The Morgan fingerprint density at radius 3 is 2.39 bits per heavy atom. The van der Waals surface area contributed by atoms with E-state index in [9.17, 15) is 0 Å². The Morgan fingerprint density at radius 2 is 1.74 bits per heavy atom. The molecule has 1 aromatic heterocycles. The van der Waals surface area contributed by atoms with E-state index in [4.69, 9.17) is 16.0 Å². The molecular weight excluding hydrogens is 310 g/mol. The van der Waals surface area contributed by atoms with E-state index in [0.29, 0.717) is 0 Å². The molecule has 2 heterocycles. The van der Waals surface area contributed by atoms with Gasteiger partial charge in [-0.25, -0.2) is 4.98 Å². The van der Waals surface area contributed by atoms with Crippen LogP contribution in [0.1, 0.15) is 19.7 Å². The first kappa shape index (κ1) is 16.5. The van der Waals surface area contributed by atoms with Gasteiger partial charge in [-0.3, -0.25) is 4.90 Å². The van der Waals surface area contributed by atoms with Crippen LogP contribution in [-0.2, 0) is 6.54 Å². The Hall–Kier alpha value is -1.36. The Kier molecular flexibility index (Phi) is 5.36. The molecule has 1 aliphatic rings. The molecule has 124 valence electrons. The van der Waals surface area contributed by atoms with Crippen LogP contribution in [0, 0.1) is 5.92 Å². The standard InChI is InChI=1S/C18H24ClN3O/c1-14(2)12-21-7-9-22(10-8-21)13-18-20-11-17(23-18)15-3-5-16(19)6-4-15/h3-6,11,14H,7-10,12-13H2,1-2H3. The van der Waals surface area contributed by atoms with Crippen LogP contribution in [0.15, 0.2) is 34.9 Å². The number of aromatic nitrogens is 1. The summed E-state index contributed by atoms with van der Waals surface area (Å²) in [7, 11) is 0. The van der Waals surface area contributed by atoms with Gasteiger partial charge in [0.15, 0.2) is 5.76 Å². The summed E-state index contributed by atoms with van der Waals surface area (Å²) in [6, 6.07) is 7.65. The summed E-state index contributed by atoms with van der Waals surface area (Å²) in [6.07, 6.45) is 1.80. The molecule has 1 saturated heterocycles. The van der Waals surface area contributed by atoms with Crippen LogP contribution < -0.4 is 0 Å². The van der Waals surface area contributed by atoms with Crippen LogP contribution in [0.2, 0.25) is 5.02 Å². The average molecular weight is 334 g/mol. The lowest BCUT2D eigenvalue weighted by Gasteiger charge is -2.34. The summed E-state index contributed by atoms with van der Waals surface area (Å²) < 4.78 is 5.89. The summed E-state index contributed by atoms with van der Waals surface area (Å²) in [4.78, 5) is 9.37. The van der Waals surface area contributed by atoms with Gasteiger partial charge in [-0.1, -0.05) is 25.4 Å². The fraction of sp³-hybridized carbons (Fsp3) is 0.500. The lowest BCUT2D eigenvalue weighted by Crippen LogP contribution is -2.46. The van der Waals surface area contributed by atoms with E-state index in [1.54, 1.807) is 6.20 Å². The minimum Gasteiger partial charge on any atom is -0.439 e. The molecule has 4 nitrogen and oxygen atoms in total. The summed E-state index contributed by atoms with van der Waals surface area (Å²) in [5.41, 5.74) is 1.01. The highest BCUT2D eigenvalue weighted by atomic mass is 35.5. The SMILES string of the molecule is CC(C)CN1CCN(Cc2ncc(-c3ccc(Cl)cc3)o2)CC1. The van der Waals surface area contributed by atoms with Crippen LogP contribution >= 0.6 is 11.6 Å². The molecule has 1 fully saturated rings. The van der Waals surface area contributed by atoms with Crippen molar-refractivity contribution in [2.45, 2.75) is 20.4 Å². The molecule has 5 heteroatoms. The normalized spacial score (nSPS) is 17.0. The van der Waals surface area contributed by atoms with Crippen molar-refractivity contribution in [3.8, 4) is 11.3 Å². The smallest absolute Gasteiger partial charge is 0.209 e. The molecule has 0 bridgehead atoms. The number of hydrogen-bond donors (Lipinski definition) is 0. The molecule has 0 atom stereocenters. The van der Waals surface area contributed by atoms with Gasteiger partial charge in [0, 0.05) is 43.3 Å². The fourth-order valence-electron chi connectivity index (χ4n) is 2.97. The third-order valence-corrected chi connectivity index (χ3v) is 4.38. The van der Waals surface area contributed by atoms with Crippen molar-refractivity contribution in [3.63, 3.8) is 0 Å². The van der Waals surface area contributed by atoms with Crippen molar-refractivity contribution in [2.75, 3.05) is 32.7 Å². The van der Waals surface area contributed by atoms with Gasteiger partial charge < -0.3 is 9.32 Å². The number of rotatable bonds is 5. The maximum atomic E-state index is 5.92. The van der Waals surface area contributed by atoms with Gasteiger partial charge in [-0.15, -0.1) is 0 Å². The van der Waals surface area contributed by atoms with E-state index in [2.05, 4.69) is 28.6 Å². The van der Waals surface area contributed by atoms with Gasteiger partial charge in [0.05, 0.1) is 12.7 Å². The number of hydrogen-bond acceptors (Lipinski definition) is 4. The van der Waals surface area contributed by atoms with Gasteiger partial charge in [-0.05, 0) is 30.2 Å². The Balaban J connectivity index is 1.55. The van der Waals surface area contributed by atoms with E-state index in [-0.39, 0.29) is 0 Å². The van der Waals surface area contributed by atoms with Crippen LogP contribution in [0.25, 0.3) is 11.3 Å². The van der Waals surface area contributed by atoms with Crippen LogP contribution in [-0.4, -0.2) is 47.5 Å². The van der Waals surface area contributed by atoms with E-state index < -0.39 is 0 Å². The molecular formula is C18H24ClN3O. The summed E-state index contributed by atoms with van der Waals surface area (Å²) in [5, 5.41) is 0.729. The first-order chi connectivity index (χ1) is 11.1. The molecule has 0 radical (unpaired) electrons. The van der Waals surface area contributed by atoms with Crippen LogP contribution in [0.5, 0.6) is 0 Å². The van der Waals surface area contributed by atoms with E-state index in [1.807, 2.05) is 24.3 Å². The highest BCUT2D eigenvalue weighted by Gasteiger charge is 2.19. The van der Waals surface area contributed by atoms with Crippen molar-refractivity contribution >= 4 is 11.6 Å². The minimum absolute atomic E-state index is 0.729. The molecule has 0 aliphatic carbocycles. The van der Waals surface area contributed by atoms with Gasteiger partial charge in [-0.2, -0.15) is 0 Å².